The molecule has 4 nitrogen and oxygen atoms in total. The minimum absolute atomic E-state index is 0.412. The minimum Gasteiger partial charge on any atom is -0.465 e. The molecule has 0 aromatic heterocycles. The van der Waals surface area contributed by atoms with Crippen LogP contribution in [-0.2, 0) is 20.7 Å². The zero-order chi connectivity index (χ0) is 20.3. The minimum atomic E-state index is -0.549. The number of aryl methyl sites for hydroxylation is 1. The molecular weight excluding hydrogens is 340 g/mol. The third kappa shape index (κ3) is 9.41. The van der Waals surface area contributed by atoms with E-state index in [2.05, 4.69) is 6.92 Å². The van der Waals surface area contributed by atoms with Crippen molar-refractivity contribution < 1.29 is 19.1 Å². The number of rotatable bonds is 10. The quantitative estimate of drug-likeness (QED) is 0.298. The summed E-state index contributed by atoms with van der Waals surface area (Å²) in [6.45, 7) is 7.68. The van der Waals surface area contributed by atoms with Crippen molar-refractivity contribution in [3.05, 3.63) is 41.0 Å². The number of methoxy groups -OCH3 is 1. The van der Waals surface area contributed by atoms with E-state index < -0.39 is 17.5 Å². The molecule has 0 aliphatic carbocycles. The maximum Gasteiger partial charge on any atom is 0.338 e. The van der Waals surface area contributed by atoms with Crippen molar-refractivity contribution in [3.63, 3.8) is 0 Å². The summed E-state index contributed by atoms with van der Waals surface area (Å²) in [5, 5.41) is 0. The number of unbranched alkanes of at least 4 members (excludes halogenated alkanes) is 5. The van der Waals surface area contributed by atoms with Gasteiger partial charge in [0.2, 0.25) is 0 Å². The van der Waals surface area contributed by atoms with E-state index in [-0.39, 0.29) is 0 Å². The van der Waals surface area contributed by atoms with Gasteiger partial charge in [-0.1, -0.05) is 51.2 Å². The Balaban J connectivity index is 2.82. The van der Waals surface area contributed by atoms with Crippen LogP contribution in [0.3, 0.4) is 0 Å². The average Bonchev–Trinajstić information content (AvgIpc) is 2.61. The van der Waals surface area contributed by atoms with E-state index >= 15 is 0 Å². The molecule has 0 atom stereocenters. The topological polar surface area (TPSA) is 52.6 Å². The van der Waals surface area contributed by atoms with Crippen molar-refractivity contribution in [1.82, 2.24) is 0 Å². The van der Waals surface area contributed by atoms with Crippen molar-refractivity contribution in [2.45, 2.75) is 78.2 Å². The molecule has 0 amide bonds. The van der Waals surface area contributed by atoms with E-state index in [1.165, 1.54) is 45.3 Å². The van der Waals surface area contributed by atoms with Crippen molar-refractivity contribution in [1.29, 1.82) is 0 Å². The second-order valence-electron chi connectivity index (χ2n) is 7.80. The molecule has 0 fully saturated rings. The highest BCUT2D eigenvalue weighted by molar-refractivity contribution is 5.96. The third-order valence-electron chi connectivity index (χ3n) is 4.15. The highest BCUT2D eigenvalue weighted by Crippen LogP contribution is 2.18. The van der Waals surface area contributed by atoms with E-state index in [0.717, 1.165) is 18.4 Å². The van der Waals surface area contributed by atoms with Crippen molar-refractivity contribution in [2.24, 2.45) is 0 Å². The van der Waals surface area contributed by atoms with Gasteiger partial charge in [0.05, 0.1) is 12.7 Å². The molecule has 1 aromatic carbocycles. The fourth-order valence-corrected chi connectivity index (χ4v) is 2.80. The summed E-state index contributed by atoms with van der Waals surface area (Å²) >= 11 is 0. The summed E-state index contributed by atoms with van der Waals surface area (Å²) in [5.41, 5.74) is 1.73. The molecule has 1 rings (SSSR count). The first-order valence-corrected chi connectivity index (χ1v) is 9.89. The summed E-state index contributed by atoms with van der Waals surface area (Å²) in [5.74, 6) is -0.843. The molecule has 1 aromatic rings. The second kappa shape index (κ2) is 11.6. The Morgan fingerprint density at radius 3 is 2.33 bits per heavy atom. The molecule has 0 saturated carbocycles. The van der Waals surface area contributed by atoms with Crippen LogP contribution in [0.25, 0.3) is 6.08 Å². The van der Waals surface area contributed by atoms with Gasteiger partial charge in [-0.3, -0.25) is 0 Å². The van der Waals surface area contributed by atoms with E-state index in [1.54, 1.807) is 12.1 Å². The van der Waals surface area contributed by atoms with Gasteiger partial charge in [-0.05, 0) is 56.9 Å². The average molecular weight is 375 g/mol. The number of carbonyl (C=O) groups is 2. The summed E-state index contributed by atoms with van der Waals surface area (Å²) in [6, 6.07) is 5.69. The van der Waals surface area contributed by atoms with Crippen LogP contribution in [0.1, 0.15) is 87.7 Å². The first kappa shape index (κ1) is 22.9. The monoisotopic (exact) mass is 374 g/mol. The number of esters is 2. The third-order valence-corrected chi connectivity index (χ3v) is 4.15. The standard InChI is InChI=1S/C23H34O4/c1-6-7-8-9-10-11-12-18-13-15-20(22(25)26-5)19(17-18)14-16-21(24)27-23(2,3)4/h13-17H,6-12H2,1-5H3/b16-14+. The van der Waals surface area contributed by atoms with E-state index in [9.17, 15) is 9.59 Å². The number of carbonyl (C=O) groups excluding carboxylic acids is 2. The van der Waals surface area contributed by atoms with Crippen LogP contribution in [-0.4, -0.2) is 24.6 Å². The Morgan fingerprint density at radius 1 is 1.04 bits per heavy atom. The summed E-state index contributed by atoms with van der Waals surface area (Å²) < 4.78 is 10.1. The highest BCUT2D eigenvalue weighted by atomic mass is 16.6. The Hall–Kier alpha value is -2.10. The predicted molar refractivity (Wildman–Crippen MR) is 110 cm³/mol. The SMILES string of the molecule is CCCCCCCCc1ccc(C(=O)OC)c(/C=C/C(=O)OC(C)(C)C)c1. The first-order valence-electron chi connectivity index (χ1n) is 9.89. The maximum atomic E-state index is 12.0. The van der Waals surface area contributed by atoms with Gasteiger partial charge in [-0.25, -0.2) is 9.59 Å². The molecule has 0 saturated heterocycles. The lowest BCUT2D eigenvalue weighted by atomic mass is 9.99. The molecule has 4 heteroatoms. The highest BCUT2D eigenvalue weighted by Gasteiger charge is 2.15. The Labute approximate surface area is 163 Å². The molecule has 0 aliphatic heterocycles. The van der Waals surface area contributed by atoms with Crippen LogP contribution in [0.5, 0.6) is 0 Å². The van der Waals surface area contributed by atoms with Crippen molar-refractivity contribution in [2.75, 3.05) is 7.11 Å². The Kier molecular flexibility index (Phi) is 9.84. The van der Waals surface area contributed by atoms with Gasteiger partial charge in [0.25, 0.3) is 0 Å². The molecule has 0 spiro atoms. The lowest BCUT2D eigenvalue weighted by molar-refractivity contribution is -0.148. The molecule has 27 heavy (non-hydrogen) atoms. The molecule has 0 N–H and O–H groups in total. The van der Waals surface area contributed by atoms with E-state index in [0.29, 0.717) is 11.1 Å². The van der Waals surface area contributed by atoms with Gasteiger partial charge < -0.3 is 9.47 Å². The van der Waals surface area contributed by atoms with Crippen LogP contribution in [0.2, 0.25) is 0 Å². The van der Waals surface area contributed by atoms with Crippen LogP contribution in [0, 0.1) is 0 Å². The van der Waals surface area contributed by atoms with Gasteiger partial charge in [0, 0.05) is 6.08 Å². The number of ether oxygens (including phenoxy) is 2. The van der Waals surface area contributed by atoms with Crippen LogP contribution in [0.4, 0.5) is 0 Å². The van der Waals surface area contributed by atoms with Gasteiger partial charge in [-0.15, -0.1) is 0 Å². The maximum absolute atomic E-state index is 12.0. The summed E-state index contributed by atoms with van der Waals surface area (Å²) in [6.07, 6.45) is 11.4. The normalized spacial score (nSPS) is 11.6. The van der Waals surface area contributed by atoms with Gasteiger partial charge in [0.1, 0.15) is 5.60 Å². The molecule has 0 aliphatic rings. The predicted octanol–water partition coefficient (Wildman–Crippen LogP) is 5.73. The van der Waals surface area contributed by atoms with Crippen LogP contribution >= 0.6 is 0 Å². The molecular formula is C23H34O4. The summed E-state index contributed by atoms with van der Waals surface area (Å²) in [7, 11) is 1.36. The fraction of sp³-hybridized carbons (Fsp3) is 0.565. The molecule has 0 heterocycles. The molecule has 0 radical (unpaired) electrons. The Bertz CT molecular complexity index is 638. The van der Waals surface area contributed by atoms with Crippen LogP contribution < -0.4 is 0 Å². The molecule has 0 bridgehead atoms. The second-order valence-corrected chi connectivity index (χ2v) is 7.80. The number of benzene rings is 1. The smallest absolute Gasteiger partial charge is 0.338 e. The first-order chi connectivity index (χ1) is 12.8. The largest absolute Gasteiger partial charge is 0.465 e. The van der Waals surface area contributed by atoms with Crippen molar-refractivity contribution in [3.8, 4) is 0 Å². The van der Waals surface area contributed by atoms with E-state index in [4.69, 9.17) is 9.47 Å². The summed E-state index contributed by atoms with van der Waals surface area (Å²) in [4.78, 5) is 23.9. The van der Waals surface area contributed by atoms with Crippen molar-refractivity contribution >= 4 is 18.0 Å². The zero-order valence-electron chi connectivity index (χ0n) is 17.5. The van der Waals surface area contributed by atoms with Gasteiger partial charge in [-0.2, -0.15) is 0 Å². The lowest BCUT2D eigenvalue weighted by Crippen LogP contribution is -2.22. The zero-order valence-corrected chi connectivity index (χ0v) is 17.5. The van der Waals surface area contributed by atoms with Crippen LogP contribution in [0.15, 0.2) is 24.3 Å². The molecule has 150 valence electrons. The molecule has 0 unspecified atom stereocenters. The number of hydrogen-bond acceptors (Lipinski definition) is 4. The van der Waals surface area contributed by atoms with Gasteiger partial charge in [0.15, 0.2) is 0 Å². The van der Waals surface area contributed by atoms with Gasteiger partial charge >= 0.3 is 11.9 Å². The number of hydrogen-bond donors (Lipinski definition) is 0. The Morgan fingerprint density at radius 2 is 1.70 bits per heavy atom. The van der Waals surface area contributed by atoms with E-state index in [1.807, 2.05) is 32.9 Å². The lowest BCUT2D eigenvalue weighted by Gasteiger charge is -2.18. The fourth-order valence-electron chi connectivity index (χ4n) is 2.80.